The predicted octanol–water partition coefficient (Wildman–Crippen LogP) is 7.98. The van der Waals surface area contributed by atoms with Crippen molar-refractivity contribution in [3.8, 4) is 0 Å². The van der Waals surface area contributed by atoms with Gasteiger partial charge in [0.15, 0.2) is 8.32 Å². The lowest BCUT2D eigenvalue weighted by atomic mass is 9.61. The predicted molar refractivity (Wildman–Crippen MR) is 151 cm³/mol. The molecule has 0 aromatic carbocycles. The molecule has 4 aliphatic rings. The first-order valence-corrected chi connectivity index (χ1v) is 18.0. The molecule has 4 aliphatic carbocycles. The number of halogens is 2. The minimum Gasteiger partial charge on any atom is -0.411 e. The van der Waals surface area contributed by atoms with Gasteiger partial charge < -0.3 is 14.6 Å². The van der Waals surface area contributed by atoms with Crippen LogP contribution in [0.2, 0.25) is 18.1 Å². The van der Waals surface area contributed by atoms with E-state index >= 15 is 0 Å². The van der Waals surface area contributed by atoms with Gasteiger partial charge in [0.1, 0.15) is 0 Å². The normalized spacial score (nSPS) is 41.6. The standard InChI is InChI=1S/C28H50O3Si.CH2Cl2/c1-18(17-29)22-11-12-23-20(10-9-13-27(22,23)6)14-19(2)28-16-21(28)15-24(25(28)30)31-32(7,8)26(3,4)5;2-1-3/h14,18-19,21-25,29-30H,9-13,15-17H2,1-8H3;1H2/b20-14+;/t18-,19-,21?,22-,23+,24+,25?,27-,28-;/m1./s1. The SMILES string of the molecule is C[C@H](CO)[C@H]1CC[C@H]2/C(=C/[C@@H](C)[C@]34CC3C[C@H](O[Si](C)(C)C(C)(C)C)C4O)CCC[C@]12C.ClCCl. The largest absolute Gasteiger partial charge is 0.411 e. The van der Waals surface area contributed by atoms with Crippen molar-refractivity contribution in [2.24, 2.45) is 40.4 Å². The van der Waals surface area contributed by atoms with Crippen LogP contribution >= 0.6 is 23.2 Å². The van der Waals surface area contributed by atoms with Gasteiger partial charge in [-0.15, -0.1) is 23.2 Å². The Bertz CT molecular complexity index is 766. The number of aliphatic hydroxyl groups is 2. The molecule has 0 aliphatic heterocycles. The zero-order valence-corrected chi connectivity index (χ0v) is 26.1. The Labute approximate surface area is 226 Å². The van der Waals surface area contributed by atoms with Crippen LogP contribution < -0.4 is 0 Å². The molecule has 2 N–H and O–H groups in total. The van der Waals surface area contributed by atoms with Crippen molar-refractivity contribution in [2.75, 3.05) is 11.9 Å². The van der Waals surface area contributed by atoms with E-state index in [0.717, 1.165) is 6.42 Å². The van der Waals surface area contributed by atoms with Crippen molar-refractivity contribution >= 4 is 31.5 Å². The summed E-state index contributed by atoms with van der Waals surface area (Å²) < 4.78 is 6.72. The highest BCUT2D eigenvalue weighted by atomic mass is 35.5. The Morgan fingerprint density at radius 2 is 1.83 bits per heavy atom. The molecule has 3 nitrogen and oxygen atoms in total. The molecule has 4 saturated carbocycles. The molecule has 0 aromatic rings. The Morgan fingerprint density at radius 1 is 1.20 bits per heavy atom. The van der Waals surface area contributed by atoms with E-state index in [9.17, 15) is 10.2 Å². The molecule has 0 amide bonds. The van der Waals surface area contributed by atoms with Gasteiger partial charge >= 0.3 is 0 Å². The van der Waals surface area contributed by atoms with Crippen LogP contribution in [-0.2, 0) is 4.43 Å². The summed E-state index contributed by atoms with van der Waals surface area (Å²) in [5.74, 6) is 2.76. The molecular weight excluding hydrogens is 495 g/mol. The van der Waals surface area contributed by atoms with Crippen LogP contribution in [0.15, 0.2) is 11.6 Å². The van der Waals surface area contributed by atoms with Crippen molar-refractivity contribution in [1.82, 2.24) is 0 Å². The van der Waals surface area contributed by atoms with Crippen molar-refractivity contribution in [3.05, 3.63) is 11.6 Å². The molecule has 4 rings (SSSR count). The zero-order valence-electron chi connectivity index (χ0n) is 23.5. The van der Waals surface area contributed by atoms with Gasteiger partial charge in [-0.2, -0.15) is 0 Å². The molecule has 0 spiro atoms. The Hall–Kier alpha value is 0.417. The van der Waals surface area contributed by atoms with Crippen LogP contribution in [-0.4, -0.2) is 42.7 Å². The summed E-state index contributed by atoms with van der Waals surface area (Å²) >= 11 is 9.53. The van der Waals surface area contributed by atoms with E-state index in [1.54, 1.807) is 5.57 Å². The molecule has 0 bridgehead atoms. The minimum absolute atomic E-state index is 0.0216. The molecule has 9 atom stereocenters. The summed E-state index contributed by atoms with van der Waals surface area (Å²) in [5, 5.41) is 21.7. The first kappa shape index (κ1) is 30.0. The maximum atomic E-state index is 11.5. The summed E-state index contributed by atoms with van der Waals surface area (Å²) in [6, 6.07) is 0. The Morgan fingerprint density at radius 3 is 2.40 bits per heavy atom. The molecule has 0 aromatic heterocycles. The number of rotatable bonds is 6. The van der Waals surface area contributed by atoms with E-state index in [1.807, 2.05) is 0 Å². The third-order valence-corrected chi connectivity index (χ3v) is 15.7. The van der Waals surface area contributed by atoms with Gasteiger partial charge in [0.05, 0.1) is 17.5 Å². The fourth-order valence-corrected chi connectivity index (χ4v) is 9.44. The molecule has 35 heavy (non-hydrogen) atoms. The third-order valence-electron chi connectivity index (χ3n) is 11.2. The van der Waals surface area contributed by atoms with Crippen LogP contribution in [0.5, 0.6) is 0 Å². The number of fused-ring (bicyclic) bond motifs is 2. The van der Waals surface area contributed by atoms with E-state index in [0.29, 0.717) is 41.6 Å². The summed E-state index contributed by atoms with van der Waals surface area (Å²) in [6.45, 7) is 18.9. The van der Waals surface area contributed by atoms with Gasteiger partial charge in [-0.25, -0.2) is 0 Å². The fraction of sp³-hybridized carbons (Fsp3) is 0.931. The van der Waals surface area contributed by atoms with E-state index in [1.165, 1.54) is 38.5 Å². The van der Waals surface area contributed by atoms with Crippen molar-refractivity contribution in [2.45, 2.75) is 117 Å². The van der Waals surface area contributed by atoms with Crippen molar-refractivity contribution in [3.63, 3.8) is 0 Å². The quantitative estimate of drug-likeness (QED) is 0.201. The van der Waals surface area contributed by atoms with Crippen LogP contribution in [0.4, 0.5) is 0 Å². The van der Waals surface area contributed by atoms with Gasteiger partial charge in [-0.05, 0) is 98.1 Å². The lowest BCUT2D eigenvalue weighted by Gasteiger charge is -2.44. The highest BCUT2D eigenvalue weighted by Crippen LogP contribution is 2.69. The second kappa shape index (κ2) is 10.9. The number of hydrogen-bond donors (Lipinski definition) is 2. The van der Waals surface area contributed by atoms with Crippen LogP contribution in [0.25, 0.3) is 0 Å². The lowest BCUT2D eigenvalue weighted by Crippen LogP contribution is -2.47. The highest BCUT2D eigenvalue weighted by molar-refractivity contribution is 6.74. The topological polar surface area (TPSA) is 49.7 Å². The second-order valence-corrected chi connectivity index (χ2v) is 19.6. The summed E-state index contributed by atoms with van der Waals surface area (Å²) in [4.78, 5) is 0. The zero-order chi connectivity index (χ0) is 26.4. The van der Waals surface area contributed by atoms with E-state index < -0.39 is 8.32 Å². The Balaban J connectivity index is 0.00000108. The first-order chi connectivity index (χ1) is 16.2. The number of aliphatic hydroxyl groups excluding tert-OH is 2. The van der Waals surface area contributed by atoms with Crippen LogP contribution in [0.3, 0.4) is 0 Å². The van der Waals surface area contributed by atoms with Gasteiger partial charge in [0.25, 0.3) is 0 Å². The molecular formula is C29H52Cl2O3Si. The highest BCUT2D eigenvalue weighted by Gasteiger charge is 2.69. The second-order valence-electron chi connectivity index (χ2n) is 14.0. The minimum atomic E-state index is -1.88. The maximum absolute atomic E-state index is 11.5. The summed E-state index contributed by atoms with van der Waals surface area (Å²) in [6.07, 6.45) is 10.8. The number of allylic oxidation sites excluding steroid dienone is 2. The monoisotopic (exact) mass is 546 g/mol. The van der Waals surface area contributed by atoms with Gasteiger partial charge in [-0.3, -0.25) is 0 Å². The smallest absolute Gasteiger partial charge is 0.192 e. The molecule has 0 saturated heterocycles. The third kappa shape index (κ3) is 5.46. The number of alkyl halides is 2. The van der Waals surface area contributed by atoms with Crippen molar-refractivity contribution in [1.29, 1.82) is 0 Å². The average Bonchev–Trinajstić information content (AvgIpc) is 3.28. The van der Waals surface area contributed by atoms with E-state index in [4.69, 9.17) is 27.6 Å². The molecule has 4 fully saturated rings. The fourth-order valence-electron chi connectivity index (χ4n) is 8.10. The van der Waals surface area contributed by atoms with Gasteiger partial charge in [0, 0.05) is 12.0 Å². The average molecular weight is 548 g/mol. The van der Waals surface area contributed by atoms with Gasteiger partial charge in [0.2, 0.25) is 0 Å². The first-order valence-electron chi connectivity index (χ1n) is 14.0. The molecule has 0 radical (unpaired) electrons. The summed E-state index contributed by atoms with van der Waals surface area (Å²) in [7, 11) is -1.88. The molecule has 0 heterocycles. The van der Waals surface area contributed by atoms with Crippen molar-refractivity contribution < 1.29 is 14.6 Å². The van der Waals surface area contributed by atoms with E-state index in [2.05, 4.69) is 60.7 Å². The van der Waals surface area contributed by atoms with Gasteiger partial charge in [-0.1, -0.05) is 53.2 Å². The molecule has 204 valence electrons. The van der Waals surface area contributed by atoms with Crippen LogP contribution in [0, 0.1) is 40.4 Å². The summed E-state index contributed by atoms with van der Waals surface area (Å²) in [5.41, 5.74) is 2.05. The van der Waals surface area contributed by atoms with Crippen LogP contribution in [0.1, 0.15) is 86.5 Å². The lowest BCUT2D eigenvalue weighted by molar-refractivity contribution is -0.00616. The molecule has 2 unspecified atom stereocenters. The Kier molecular flexibility index (Phi) is 9.32. The van der Waals surface area contributed by atoms with E-state index in [-0.39, 0.29) is 28.0 Å². The molecule has 6 heteroatoms. The maximum Gasteiger partial charge on any atom is 0.192 e. The number of hydrogen-bond acceptors (Lipinski definition) is 3.